The number of fused-ring (bicyclic) bond motifs is 2. The Labute approximate surface area is 102 Å². The second-order valence-corrected chi connectivity index (χ2v) is 6.17. The zero-order chi connectivity index (χ0) is 12.8. The fourth-order valence-corrected chi connectivity index (χ4v) is 3.09. The van der Waals surface area contributed by atoms with E-state index in [0.717, 1.165) is 19.3 Å². The lowest BCUT2D eigenvalue weighted by Crippen LogP contribution is -2.50. The van der Waals surface area contributed by atoms with Gasteiger partial charge < -0.3 is 4.74 Å². The average molecular weight is 239 g/mol. The number of nitrogens with zero attached hydrogens (tertiary/aromatic N) is 1. The van der Waals surface area contributed by atoms with Gasteiger partial charge in [-0.1, -0.05) is 0 Å². The van der Waals surface area contributed by atoms with Crippen LogP contribution in [-0.2, 0) is 9.53 Å². The minimum Gasteiger partial charge on any atom is -0.444 e. The Hall–Kier alpha value is -1.06. The maximum atomic E-state index is 12.1. The summed E-state index contributed by atoms with van der Waals surface area (Å²) in [5.41, 5.74) is -0.500. The van der Waals surface area contributed by atoms with Crippen LogP contribution in [0.15, 0.2) is 0 Å². The number of carbonyl (C=O) groups is 2. The van der Waals surface area contributed by atoms with E-state index in [1.165, 1.54) is 0 Å². The van der Waals surface area contributed by atoms with Gasteiger partial charge in [0.1, 0.15) is 5.60 Å². The third kappa shape index (κ3) is 2.31. The third-order valence-electron chi connectivity index (χ3n) is 3.61. The fraction of sp³-hybridized carbons (Fsp3) is 0.846. The van der Waals surface area contributed by atoms with Crippen molar-refractivity contribution >= 4 is 11.9 Å². The number of ether oxygens (including phenoxy) is 1. The van der Waals surface area contributed by atoms with Crippen LogP contribution in [0.1, 0.15) is 47.0 Å². The van der Waals surface area contributed by atoms with Gasteiger partial charge in [0.2, 0.25) is 0 Å². The summed E-state index contributed by atoms with van der Waals surface area (Å²) in [5, 5.41) is 0. The number of piperidine rings is 1. The molecule has 4 nitrogen and oxygen atoms in total. The lowest BCUT2D eigenvalue weighted by molar-refractivity contribution is -0.123. The summed E-state index contributed by atoms with van der Waals surface area (Å²) in [5.74, 6) is 0.438. The van der Waals surface area contributed by atoms with Gasteiger partial charge in [-0.25, -0.2) is 4.79 Å². The first-order valence-electron chi connectivity index (χ1n) is 6.31. The lowest BCUT2D eigenvalue weighted by Gasteiger charge is -2.35. The first kappa shape index (κ1) is 12.4. The summed E-state index contributed by atoms with van der Waals surface area (Å²) in [7, 11) is 0. The van der Waals surface area contributed by atoms with Crippen molar-refractivity contribution in [1.82, 2.24) is 4.90 Å². The Balaban J connectivity index is 2.14. The van der Waals surface area contributed by atoms with Gasteiger partial charge in [0.05, 0.1) is 6.04 Å². The summed E-state index contributed by atoms with van der Waals surface area (Å²) in [6, 6.07) is -0.0349. The van der Waals surface area contributed by atoms with Crippen LogP contribution >= 0.6 is 0 Å². The highest BCUT2D eigenvalue weighted by molar-refractivity contribution is 5.87. The van der Waals surface area contributed by atoms with Crippen LogP contribution in [0.3, 0.4) is 0 Å². The Kier molecular flexibility index (Phi) is 2.92. The number of ketones is 1. The first-order chi connectivity index (χ1) is 7.79. The van der Waals surface area contributed by atoms with Gasteiger partial charge in [0.15, 0.2) is 5.78 Å². The van der Waals surface area contributed by atoms with Crippen LogP contribution in [0.25, 0.3) is 0 Å². The maximum absolute atomic E-state index is 12.1. The van der Waals surface area contributed by atoms with Crippen molar-refractivity contribution in [2.45, 2.75) is 64.6 Å². The van der Waals surface area contributed by atoms with Gasteiger partial charge in [-0.3, -0.25) is 9.69 Å². The van der Waals surface area contributed by atoms with Crippen molar-refractivity contribution in [2.75, 3.05) is 0 Å². The minimum absolute atomic E-state index is 0.0862. The molecule has 1 aliphatic heterocycles. The van der Waals surface area contributed by atoms with E-state index in [4.69, 9.17) is 4.74 Å². The van der Waals surface area contributed by atoms with E-state index >= 15 is 0 Å². The summed E-state index contributed by atoms with van der Waals surface area (Å²) in [4.78, 5) is 25.5. The van der Waals surface area contributed by atoms with Crippen molar-refractivity contribution in [3.05, 3.63) is 0 Å². The molecule has 1 heterocycles. The molecule has 96 valence electrons. The van der Waals surface area contributed by atoms with Crippen molar-refractivity contribution in [1.29, 1.82) is 0 Å². The van der Waals surface area contributed by atoms with Crippen LogP contribution in [0.5, 0.6) is 0 Å². The molecular formula is C13H21NO3. The van der Waals surface area contributed by atoms with Crippen molar-refractivity contribution in [3.8, 4) is 0 Å². The number of hydrogen-bond acceptors (Lipinski definition) is 3. The smallest absolute Gasteiger partial charge is 0.411 e. The number of carbonyl (C=O) groups excluding carboxylic acids is 2. The molecule has 0 aromatic heterocycles. The second kappa shape index (κ2) is 4.00. The molecule has 0 radical (unpaired) electrons. The Morgan fingerprint density at radius 1 is 1.24 bits per heavy atom. The van der Waals surface area contributed by atoms with Gasteiger partial charge in [0, 0.05) is 6.04 Å². The maximum Gasteiger partial charge on any atom is 0.411 e. The number of amides is 1. The van der Waals surface area contributed by atoms with Crippen molar-refractivity contribution < 1.29 is 14.3 Å². The molecule has 0 aromatic carbocycles. The van der Waals surface area contributed by atoms with Crippen molar-refractivity contribution in [2.24, 2.45) is 5.92 Å². The van der Waals surface area contributed by atoms with E-state index in [0.29, 0.717) is 5.92 Å². The normalized spacial score (nSPS) is 31.8. The summed E-state index contributed by atoms with van der Waals surface area (Å²) in [6.07, 6.45) is 2.70. The van der Waals surface area contributed by atoms with E-state index in [1.807, 2.05) is 20.8 Å². The molecule has 0 spiro atoms. The van der Waals surface area contributed by atoms with Crippen LogP contribution in [0, 0.1) is 5.92 Å². The highest BCUT2D eigenvalue weighted by Crippen LogP contribution is 2.43. The standard InChI is InChI=1S/C13H21NO3/c1-8(15)11-9-5-6-10(7-9)14(11)12(16)17-13(2,3)4/h9-11H,5-7H2,1-4H3. The molecule has 0 aromatic rings. The Morgan fingerprint density at radius 2 is 1.88 bits per heavy atom. The minimum atomic E-state index is -0.500. The predicted molar refractivity (Wildman–Crippen MR) is 63.7 cm³/mol. The molecule has 17 heavy (non-hydrogen) atoms. The van der Waals surface area contributed by atoms with Gasteiger partial charge in [0.25, 0.3) is 0 Å². The number of Topliss-reactive ketones (excluding diaryl/α,β-unsaturated/α-hetero) is 1. The number of rotatable bonds is 1. The molecule has 1 saturated heterocycles. The van der Waals surface area contributed by atoms with Gasteiger partial charge >= 0.3 is 6.09 Å². The van der Waals surface area contributed by atoms with Gasteiger partial charge in [-0.15, -0.1) is 0 Å². The highest BCUT2D eigenvalue weighted by atomic mass is 16.6. The average Bonchev–Trinajstić information content (AvgIpc) is 2.72. The Bertz CT molecular complexity index is 345. The molecule has 1 saturated carbocycles. The fourth-order valence-electron chi connectivity index (χ4n) is 3.09. The SMILES string of the molecule is CC(=O)C1C2CCC(C2)N1C(=O)OC(C)(C)C. The largest absolute Gasteiger partial charge is 0.444 e. The van der Waals surface area contributed by atoms with Crippen LogP contribution in [0.4, 0.5) is 4.79 Å². The second-order valence-electron chi connectivity index (χ2n) is 6.17. The molecule has 2 bridgehead atoms. The molecule has 2 aliphatic rings. The molecule has 3 atom stereocenters. The number of likely N-dealkylation sites (tertiary alicyclic amines) is 1. The zero-order valence-corrected chi connectivity index (χ0v) is 11.0. The molecule has 1 aliphatic carbocycles. The van der Waals surface area contributed by atoms with Crippen LogP contribution < -0.4 is 0 Å². The number of hydrogen-bond donors (Lipinski definition) is 0. The first-order valence-corrected chi connectivity index (χ1v) is 6.31. The quantitative estimate of drug-likeness (QED) is 0.705. The van der Waals surface area contributed by atoms with Crippen molar-refractivity contribution in [3.63, 3.8) is 0 Å². The molecule has 2 fully saturated rings. The van der Waals surface area contributed by atoms with E-state index < -0.39 is 5.60 Å². The lowest BCUT2D eigenvalue weighted by atomic mass is 9.96. The van der Waals surface area contributed by atoms with E-state index in [1.54, 1.807) is 11.8 Å². The molecule has 2 rings (SSSR count). The summed E-state index contributed by atoms with van der Waals surface area (Å²) in [6.45, 7) is 7.12. The van der Waals surface area contributed by atoms with Crippen LogP contribution in [0.2, 0.25) is 0 Å². The summed E-state index contributed by atoms with van der Waals surface area (Å²) >= 11 is 0. The van der Waals surface area contributed by atoms with E-state index in [9.17, 15) is 9.59 Å². The predicted octanol–water partition coefficient (Wildman–Crippen LogP) is 2.36. The van der Waals surface area contributed by atoms with Crippen LogP contribution in [-0.4, -0.2) is 34.5 Å². The third-order valence-corrected chi connectivity index (χ3v) is 3.61. The van der Waals surface area contributed by atoms with E-state index in [-0.39, 0.29) is 24.0 Å². The molecule has 1 amide bonds. The highest BCUT2D eigenvalue weighted by Gasteiger charge is 2.51. The molecular weight excluding hydrogens is 218 g/mol. The van der Waals surface area contributed by atoms with Gasteiger partial charge in [-0.2, -0.15) is 0 Å². The zero-order valence-electron chi connectivity index (χ0n) is 11.0. The molecule has 4 heteroatoms. The van der Waals surface area contributed by atoms with E-state index in [2.05, 4.69) is 0 Å². The molecule has 3 unspecified atom stereocenters. The monoisotopic (exact) mass is 239 g/mol. The summed E-state index contributed by atoms with van der Waals surface area (Å²) < 4.78 is 5.39. The topological polar surface area (TPSA) is 46.6 Å². The molecule has 0 N–H and O–H groups in total. The Morgan fingerprint density at radius 3 is 2.41 bits per heavy atom. The van der Waals surface area contributed by atoms with Gasteiger partial charge in [-0.05, 0) is 52.9 Å².